The Morgan fingerprint density at radius 1 is 1.22 bits per heavy atom. The molecule has 0 unspecified atom stereocenters. The van der Waals surface area contributed by atoms with Crippen LogP contribution in [0, 0.1) is 0 Å². The third-order valence-corrected chi connectivity index (χ3v) is 4.71. The summed E-state index contributed by atoms with van der Waals surface area (Å²) < 4.78 is 30.8. The van der Waals surface area contributed by atoms with Crippen molar-refractivity contribution in [3.63, 3.8) is 0 Å². The quantitative estimate of drug-likeness (QED) is 0.743. The van der Waals surface area contributed by atoms with Crippen molar-refractivity contribution in [2.75, 3.05) is 7.05 Å². The number of carbonyl (C=O) groups excluding carboxylic acids is 2. The van der Waals surface area contributed by atoms with Gasteiger partial charge in [-0.15, -0.1) is 0 Å². The zero-order valence-electron chi connectivity index (χ0n) is 13.2. The zero-order valence-corrected chi connectivity index (χ0v) is 14.8. The van der Waals surface area contributed by atoms with Crippen molar-refractivity contribution < 1.29 is 22.7 Å². The highest BCUT2D eigenvalue weighted by Gasteiger charge is 2.22. The number of nitrogens with one attached hydrogen (secondary N) is 2. The number of ether oxygens (including phenoxy) is 1. The number of hydrogen-bond donors (Lipinski definition) is 2. The van der Waals surface area contributed by atoms with Gasteiger partial charge in [-0.1, -0.05) is 11.6 Å². The highest BCUT2D eigenvalue weighted by molar-refractivity contribution is 7.89. The molecular formula is C14H19ClN2O5S. The molecule has 0 aliphatic heterocycles. The van der Waals surface area contributed by atoms with Crippen LogP contribution in [0.5, 0.6) is 0 Å². The zero-order chi connectivity index (χ0) is 17.8. The molecule has 9 heteroatoms. The lowest BCUT2D eigenvalue weighted by atomic mass is 10.2. The monoisotopic (exact) mass is 362 g/mol. The summed E-state index contributed by atoms with van der Waals surface area (Å²) in [4.78, 5) is 23.6. The molecule has 1 aromatic carbocycles. The van der Waals surface area contributed by atoms with Crippen LogP contribution in [0.2, 0.25) is 5.02 Å². The van der Waals surface area contributed by atoms with Crippen LogP contribution in [0.15, 0.2) is 23.1 Å². The summed E-state index contributed by atoms with van der Waals surface area (Å²) in [7, 11) is -2.58. The van der Waals surface area contributed by atoms with E-state index in [1.807, 2.05) is 0 Å². The summed E-state index contributed by atoms with van der Waals surface area (Å²) >= 11 is 5.84. The second-order valence-corrected chi connectivity index (χ2v) is 7.33. The molecule has 0 spiro atoms. The van der Waals surface area contributed by atoms with E-state index in [9.17, 15) is 18.0 Å². The van der Waals surface area contributed by atoms with Crippen molar-refractivity contribution >= 4 is 33.5 Å². The van der Waals surface area contributed by atoms with Gasteiger partial charge >= 0.3 is 5.97 Å². The summed E-state index contributed by atoms with van der Waals surface area (Å²) in [6.45, 7) is 4.98. The number of carbonyl (C=O) groups is 2. The molecule has 1 amide bonds. The van der Waals surface area contributed by atoms with E-state index in [1.165, 1.54) is 26.1 Å². The maximum Gasteiger partial charge on any atom is 0.338 e. The van der Waals surface area contributed by atoms with Crippen LogP contribution < -0.4 is 10.0 Å². The third kappa shape index (κ3) is 5.19. The van der Waals surface area contributed by atoms with Gasteiger partial charge in [0.05, 0.1) is 10.6 Å². The van der Waals surface area contributed by atoms with Crippen molar-refractivity contribution in [2.24, 2.45) is 0 Å². The minimum atomic E-state index is -3.81. The first-order chi connectivity index (χ1) is 10.6. The highest BCUT2D eigenvalue weighted by Crippen LogP contribution is 2.23. The molecule has 2 N–H and O–H groups in total. The van der Waals surface area contributed by atoms with Gasteiger partial charge in [-0.25, -0.2) is 17.9 Å². The molecule has 0 aromatic heterocycles. The molecule has 0 radical (unpaired) electrons. The predicted octanol–water partition coefficient (Wildman–Crippen LogP) is 1.32. The van der Waals surface area contributed by atoms with Crippen molar-refractivity contribution in [1.82, 2.24) is 10.0 Å². The van der Waals surface area contributed by atoms with Crippen LogP contribution in [0.25, 0.3) is 0 Å². The van der Waals surface area contributed by atoms with E-state index in [-0.39, 0.29) is 21.5 Å². The molecule has 0 fully saturated rings. The molecule has 0 saturated carbocycles. The standard InChI is InChI=1S/C14H19ClN2O5S/c1-8(2)17-13(18)9(3)22-14(19)10-5-6-11(15)12(7-10)23(20,21)16-4/h5-9,16H,1-4H3,(H,17,18)/t9-/m1/s1. The Labute approximate surface area is 140 Å². The number of sulfonamides is 1. The van der Waals surface area contributed by atoms with E-state index < -0.39 is 28.0 Å². The highest BCUT2D eigenvalue weighted by atomic mass is 35.5. The topological polar surface area (TPSA) is 102 Å². The fourth-order valence-corrected chi connectivity index (χ4v) is 2.88. The Balaban J connectivity index is 2.98. The predicted molar refractivity (Wildman–Crippen MR) is 85.9 cm³/mol. The van der Waals surface area contributed by atoms with Gasteiger partial charge in [0, 0.05) is 6.04 Å². The molecule has 0 heterocycles. The molecule has 7 nitrogen and oxygen atoms in total. The largest absolute Gasteiger partial charge is 0.449 e. The van der Waals surface area contributed by atoms with Crippen LogP contribution in [0.4, 0.5) is 0 Å². The van der Waals surface area contributed by atoms with E-state index in [4.69, 9.17) is 16.3 Å². The van der Waals surface area contributed by atoms with Gasteiger partial charge in [0.2, 0.25) is 10.0 Å². The maximum atomic E-state index is 12.1. The van der Waals surface area contributed by atoms with Crippen LogP contribution >= 0.6 is 11.6 Å². The van der Waals surface area contributed by atoms with Crippen LogP contribution in [0.3, 0.4) is 0 Å². The first-order valence-corrected chi connectivity index (χ1v) is 8.69. The number of hydrogen-bond acceptors (Lipinski definition) is 5. The first-order valence-electron chi connectivity index (χ1n) is 6.83. The molecule has 1 atom stereocenters. The molecule has 128 valence electrons. The smallest absolute Gasteiger partial charge is 0.338 e. The Morgan fingerprint density at radius 3 is 2.35 bits per heavy atom. The Hall–Kier alpha value is -1.64. The lowest BCUT2D eigenvalue weighted by Gasteiger charge is -2.15. The van der Waals surface area contributed by atoms with Crippen LogP contribution in [-0.4, -0.2) is 39.5 Å². The van der Waals surface area contributed by atoms with Crippen LogP contribution in [0.1, 0.15) is 31.1 Å². The van der Waals surface area contributed by atoms with Gasteiger partial charge < -0.3 is 10.1 Å². The van der Waals surface area contributed by atoms with Crippen molar-refractivity contribution in [1.29, 1.82) is 0 Å². The number of rotatable bonds is 6. The van der Waals surface area contributed by atoms with E-state index >= 15 is 0 Å². The summed E-state index contributed by atoms with van der Waals surface area (Å²) in [6, 6.07) is 3.61. The number of benzene rings is 1. The van der Waals surface area contributed by atoms with Gasteiger partial charge in [0.25, 0.3) is 5.91 Å². The Bertz CT molecular complexity index is 703. The molecular weight excluding hydrogens is 344 g/mol. The Morgan fingerprint density at radius 2 is 1.83 bits per heavy atom. The van der Waals surface area contributed by atoms with Gasteiger partial charge in [0.15, 0.2) is 6.10 Å². The van der Waals surface area contributed by atoms with Gasteiger partial charge in [0.1, 0.15) is 4.90 Å². The summed E-state index contributed by atoms with van der Waals surface area (Å²) in [5.74, 6) is -1.26. The van der Waals surface area contributed by atoms with Crippen LogP contribution in [-0.2, 0) is 19.6 Å². The average molecular weight is 363 g/mol. The van der Waals surface area contributed by atoms with Gasteiger partial charge in [-0.2, -0.15) is 0 Å². The molecule has 0 aliphatic carbocycles. The van der Waals surface area contributed by atoms with E-state index in [0.717, 1.165) is 6.07 Å². The first kappa shape index (κ1) is 19.4. The van der Waals surface area contributed by atoms with Gasteiger partial charge in [-0.05, 0) is 46.0 Å². The fourth-order valence-electron chi connectivity index (χ4n) is 1.63. The molecule has 0 saturated heterocycles. The van der Waals surface area contributed by atoms with Gasteiger partial charge in [-0.3, -0.25) is 4.79 Å². The third-order valence-electron chi connectivity index (χ3n) is 2.81. The second kappa shape index (κ2) is 7.76. The number of amides is 1. The lowest BCUT2D eigenvalue weighted by molar-refractivity contribution is -0.129. The van der Waals surface area contributed by atoms with Crippen molar-refractivity contribution in [3.8, 4) is 0 Å². The normalized spacial score (nSPS) is 12.8. The summed E-state index contributed by atoms with van der Waals surface area (Å²) in [5, 5.41) is 2.58. The number of esters is 1. The maximum absolute atomic E-state index is 12.1. The molecule has 1 aromatic rings. The second-order valence-electron chi connectivity index (χ2n) is 5.06. The fraction of sp³-hybridized carbons (Fsp3) is 0.429. The molecule has 0 aliphatic rings. The minimum absolute atomic E-state index is 0.0209. The summed E-state index contributed by atoms with van der Waals surface area (Å²) in [6.07, 6.45) is -1.01. The molecule has 1 rings (SSSR count). The summed E-state index contributed by atoms with van der Waals surface area (Å²) in [5.41, 5.74) is -0.0209. The average Bonchev–Trinajstić information content (AvgIpc) is 2.46. The lowest BCUT2D eigenvalue weighted by Crippen LogP contribution is -2.39. The van der Waals surface area contributed by atoms with E-state index in [2.05, 4.69) is 10.0 Å². The van der Waals surface area contributed by atoms with E-state index in [0.29, 0.717) is 0 Å². The number of halogens is 1. The minimum Gasteiger partial charge on any atom is -0.449 e. The van der Waals surface area contributed by atoms with Crippen molar-refractivity contribution in [3.05, 3.63) is 28.8 Å². The van der Waals surface area contributed by atoms with Crippen molar-refractivity contribution in [2.45, 2.75) is 37.8 Å². The molecule has 0 bridgehead atoms. The Kier molecular flexibility index (Phi) is 6.55. The van der Waals surface area contributed by atoms with E-state index in [1.54, 1.807) is 13.8 Å². The SMILES string of the molecule is CNS(=O)(=O)c1cc(C(=O)O[C@H](C)C(=O)NC(C)C)ccc1Cl. The molecule has 23 heavy (non-hydrogen) atoms.